The minimum absolute atomic E-state index is 0.0170. The van der Waals surface area contributed by atoms with Gasteiger partial charge in [0.25, 0.3) is 11.8 Å². The Labute approximate surface area is 265 Å². The molecular weight excluding hydrogens is 614 g/mol. The number of benzene rings is 3. The van der Waals surface area contributed by atoms with Crippen molar-refractivity contribution in [2.45, 2.75) is 25.9 Å². The van der Waals surface area contributed by atoms with Crippen molar-refractivity contribution in [1.29, 1.82) is 0 Å². The lowest BCUT2D eigenvalue weighted by Gasteiger charge is -2.32. The first-order valence-electron chi connectivity index (χ1n) is 14.0. The minimum Gasteiger partial charge on any atom is -0.457 e. The van der Waals surface area contributed by atoms with Crippen LogP contribution in [0.5, 0.6) is 0 Å². The second kappa shape index (κ2) is 10.5. The Morgan fingerprint density at radius 1 is 1.09 bits per heavy atom. The van der Waals surface area contributed by atoms with E-state index in [9.17, 15) is 14.4 Å². The number of halogens is 1. The largest absolute Gasteiger partial charge is 0.457 e. The van der Waals surface area contributed by atoms with Crippen molar-refractivity contribution in [2.75, 3.05) is 16.4 Å². The number of esters is 1. The SMILES string of the molecule is C=CCOC(=O)c1sc(N2C(=O)c3oc4ccc(Cl)cc4c(=O)c3C23C(=O)N(Cc2cccc(C)c2)c2ccccc23)nc1C. The Balaban J connectivity index is 1.52. The van der Waals surface area contributed by atoms with Crippen LogP contribution in [-0.4, -0.2) is 29.4 Å². The van der Waals surface area contributed by atoms with Crippen molar-refractivity contribution in [3.8, 4) is 0 Å². The first-order chi connectivity index (χ1) is 21.7. The summed E-state index contributed by atoms with van der Waals surface area (Å²) >= 11 is 7.17. The molecule has 0 saturated carbocycles. The third kappa shape index (κ3) is 4.17. The number of aryl methyl sites for hydroxylation is 2. The van der Waals surface area contributed by atoms with E-state index in [1.165, 1.54) is 23.1 Å². The van der Waals surface area contributed by atoms with Gasteiger partial charge in [0.05, 0.1) is 28.9 Å². The lowest BCUT2D eigenvalue weighted by Crippen LogP contribution is -2.53. The summed E-state index contributed by atoms with van der Waals surface area (Å²) in [6.45, 7) is 7.31. The maximum Gasteiger partial charge on any atom is 0.350 e. The first kappa shape index (κ1) is 28.7. The molecule has 1 unspecified atom stereocenters. The van der Waals surface area contributed by atoms with Gasteiger partial charge in [-0.1, -0.05) is 83.6 Å². The van der Waals surface area contributed by atoms with Crippen LogP contribution in [0.2, 0.25) is 5.02 Å². The predicted octanol–water partition coefficient (Wildman–Crippen LogP) is 6.31. The molecule has 1 spiro atoms. The molecule has 9 nitrogen and oxygen atoms in total. The number of rotatable bonds is 6. The topological polar surface area (TPSA) is 110 Å². The molecular formula is C34H24ClN3O6S. The van der Waals surface area contributed by atoms with Gasteiger partial charge in [0, 0.05) is 10.6 Å². The molecule has 11 heteroatoms. The maximum atomic E-state index is 15.1. The number of carbonyl (C=O) groups excluding carboxylic acids is 3. The molecule has 0 fully saturated rings. The number of fused-ring (bicyclic) bond motifs is 5. The molecule has 0 saturated heterocycles. The molecule has 2 aliphatic rings. The van der Waals surface area contributed by atoms with Crippen LogP contribution in [0.15, 0.2) is 88.6 Å². The van der Waals surface area contributed by atoms with Gasteiger partial charge < -0.3 is 14.1 Å². The zero-order valence-corrected chi connectivity index (χ0v) is 25.7. The Kier molecular flexibility index (Phi) is 6.72. The minimum atomic E-state index is -1.98. The van der Waals surface area contributed by atoms with Crippen LogP contribution in [0.3, 0.4) is 0 Å². The normalized spacial score (nSPS) is 16.9. The molecule has 2 aromatic heterocycles. The summed E-state index contributed by atoms with van der Waals surface area (Å²) in [6.07, 6.45) is 1.44. The maximum absolute atomic E-state index is 15.1. The van der Waals surface area contributed by atoms with Crippen LogP contribution in [0.25, 0.3) is 11.0 Å². The van der Waals surface area contributed by atoms with E-state index in [1.807, 2.05) is 31.2 Å². The quantitative estimate of drug-likeness (QED) is 0.158. The monoisotopic (exact) mass is 637 g/mol. The number of aromatic nitrogens is 1. The van der Waals surface area contributed by atoms with Crippen molar-refractivity contribution in [3.05, 3.63) is 133 Å². The highest BCUT2D eigenvalue weighted by atomic mass is 35.5. The second-order valence-corrected chi connectivity index (χ2v) is 12.2. The molecule has 3 aromatic carbocycles. The third-order valence-electron chi connectivity index (χ3n) is 8.00. The summed E-state index contributed by atoms with van der Waals surface area (Å²) in [5.41, 5.74) is 0.591. The standard InChI is InChI=1S/C34H24ClN3O6S/c1-4-14-43-31(41)29-19(3)36-33(45-29)38-30(40)28-26(27(39)22-16-21(35)12-13-25(22)44-28)34(38)23-10-5-6-11-24(23)37(32(34)42)17-20-9-7-8-18(2)15-20/h4-13,15-16H,1,14,17H2,2-3H3. The summed E-state index contributed by atoms with van der Waals surface area (Å²) in [7, 11) is 0. The molecule has 1 atom stereocenters. The fourth-order valence-corrected chi connectivity index (χ4v) is 7.34. The van der Waals surface area contributed by atoms with E-state index < -0.39 is 28.8 Å². The van der Waals surface area contributed by atoms with Gasteiger partial charge in [-0.05, 0) is 43.7 Å². The average molecular weight is 638 g/mol. The molecule has 5 aromatic rings. The molecule has 0 N–H and O–H groups in total. The Morgan fingerprint density at radius 2 is 1.89 bits per heavy atom. The van der Waals surface area contributed by atoms with Gasteiger partial charge in [-0.2, -0.15) is 0 Å². The van der Waals surface area contributed by atoms with Crippen molar-refractivity contribution >= 4 is 62.5 Å². The van der Waals surface area contributed by atoms with Gasteiger partial charge in [0.15, 0.2) is 16.1 Å². The number of para-hydroxylation sites is 1. The van der Waals surface area contributed by atoms with Crippen molar-refractivity contribution < 1.29 is 23.5 Å². The Bertz CT molecular complexity index is 2170. The van der Waals surface area contributed by atoms with Gasteiger partial charge in [-0.3, -0.25) is 19.3 Å². The van der Waals surface area contributed by atoms with Gasteiger partial charge in [0.2, 0.25) is 5.76 Å². The van der Waals surface area contributed by atoms with Gasteiger partial charge in [-0.25, -0.2) is 9.78 Å². The van der Waals surface area contributed by atoms with E-state index in [2.05, 4.69) is 11.6 Å². The lowest BCUT2D eigenvalue weighted by molar-refractivity contribution is -0.121. The Hall–Kier alpha value is -5.06. The fourth-order valence-electron chi connectivity index (χ4n) is 6.15. The highest BCUT2D eigenvalue weighted by molar-refractivity contribution is 7.17. The molecule has 45 heavy (non-hydrogen) atoms. The van der Waals surface area contributed by atoms with Gasteiger partial charge >= 0.3 is 5.97 Å². The number of anilines is 2. The van der Waals surface area contributed by atoms with E-state index in [4.69, 9.17) is 20.8 Å². The number of hydrogen-bond acceptors (Lipinski definition) is 8. The van der Waals surface area contributed by atoms with E-state index in [0.717, 1.165) is 22.5 Å². The molecule has 4 heterocycles. The molecule has 2 aliphatic heterocycles. The lowest BCUT2D eigenvalue weighted by atomic mass is 9.84. The van der Waals surface area contributed by atoms with E-state index in [-0.39, 0.29) is 45.5 Å². The van der Waals surface area contributed by atoms with Crippen LogP contribution >= 0.6 is 22.9 Å². The number of hydrogen-bond donors (Lipinski definition) is 0. The second-order valence-electron chi connectivity index (χ2n) is 10.8. The van der Waals surface area contributed by atoms with Crippen molar-refractivity contribution in [2.24, 2.45) is 0 Å². The molecule has 2 amide bonds. The van der Waals surface area contributed by atoms with E-state index in [0.29, 0.717) is 22.0 Å². The zero-order valence-electron chi connectivity index (χ0n) is 24.1. The summed E-state index contributed by atoms with van der Waals surface area (Å²) in [4.78, 5) is 64.4. The number of amides is 2. The smallest absolute Gasteiger partial charge is 0.350 e. The fraction of sp³-hybridized carbons (Fsp3) is 0.147. The van der Waals surface area contributed by atoms with Crippen molar-refractivity contribution in [1.82, 2.24) is 4.98 Å². The number of thiazole rings is 1. The van der Waals surface area contributed by atoms with Crippen LogP contribution in [0.1, 0.15) is 48.2 Å². The molecule has 0 radical (unpaired) electrons. The number of ether oxygens (including phenoxy) is 1. The summed E-state index contributed by atoms with van der Waals surface area (Å²) in [6, 6.07) is 19.3. The highest BCUT2D eigenvalue weighted by Crippen LogP contribution is 2.55. The van der Waals surface area contributed by atoms with E-state index >= 15 is 4.79 Å². The summed E-state index contributed by atoms with van der Waals surface area (Å²) in [5.74, 6) is -2.20. The number of carbonyl (C=O) groups is 3. The first-order valence-corrected chi connectivity index (χ1v) is 15.2. The molecule has 0 aliphatic carbocycles. The van der Waals surface area contributed by atoms with Crippen LogP contribution in [-0.2, 0) is 21.6 Å². The predicted molar refractivity (Wildman–Crippen MR) is 171 cm³/mol. The van der Waals surface area contributed by atoms with Crippen molar-refractivity contribution in [3.63, 3.8) is 0 Å². The highest BCUT2D eigenvalue weighted by Gasteiger charge is 2.66. The molecule has 224 valence electrons. The Morgan fingerprint density at radius 3 is 2.67 bits per heavy atom. The summed E-state index contributed by atoms with van der Waals surface area (Å²) in [5, 5.41) is 0.459. The van der Waals surface area contributed by atoms with Gasteiger partial charge in [0.1, 0.15) is 17.1 Å². The average Bonchev–Trinajstić information content (AvgIpc) is 3.61. The number of nitrogens with zero attached hydrogens (tertiary/aromatic N) is 3. The van der Waals surface area contributed by atoms with Crippen LogP contribution in [0.4, 0.5) is 10.8 Å². The molecule has 0 bridgehead atoms. The third-order valence-corrected chi connectivity index (χ3v) is 9.36. The van der Waals surface area contributed by atoms with Crippen LogP contribution in [0, 0.1) is 13.8 Å². The molecule has 7 rings (SSSR count). The summed E-state index contributed by atoms with van der Waals surface area (Å²) < 4.78 is 11.4. The van der Waals surface area contributed by atoms with Crippen LogP contribution < -0.4 is 15.2 Å². The zero-order chi connectivity index (χ0) is 31.6. The van der Waals surface area contributed by atoms with E-state index in [1.54, 1.807) is 42.2 Å². The van der Waals surface area contributed by atoms with Gasteiger partial charge in [-0.15, -0.1) is 0 Å².